The van der Waals surface area contributed by atoms with Crippen LogP contribution in [0.1, 0.15) is 6.92 Å². The van der Waals surface area contributed by atoms with Gasteiger partial charge in [0, 0.05) is 0 Å². The first-order chi connectivity index (χ1) is 4.99. The highest BCUT2D eigenvalue weighted by Crippen LogP contribution is 2.30. The third-order valence-electron chi connectivity index (χ3n) is 1.91. The van der Waals surface area contributed by atoms with Crippen molar-refractivity contribution in [2.75, 3.05) is 18.1 Å². The molecule has 0 aliphatic carbocycles. The van der Waals surface area contributed by atoms with Gasteiger partial charge < -0.3 is 9.47 Å². The molecule has 2 aliphatic rings. The normalized spacial score (nSPS) is 47.5. The highest BCUT2D eigenvalue weighted by molar-refractivity contribution is 7.91. The maximum Gasteiger partial charge on any atom is 0.180 e. The zero-order valence-electron chi connectivity index (χ0n) is 6.24. The first kappa shape index (κ1) is 7.52. The van der Waals surface area contributed by atoms with Gasteiger partial charge in [0.15, 0.2) is 15.6 Å². The summed E-state index contributed by atoms with van der Waals surface area (Å²) >= 11 is 0. The molecule has 2 rings (SSSR count). The number of hydrogen-bond acceptors (Lipinski definition) is 4. The second kappa shape index (κ2) is 1.97. The van der Waals surface area contributed by atoms with Crippen molar-refractivity contribution in [3.05, 3.63) is 0 Å². The molecule has 0 spiro atoms. The Morgan fingerprint density at radius 2 is 2.27 bits per heavy atom. The van der Waals surface area contributed by atoms with Crippen molar-refractivity contribution >= 4 is 9.84 Å². The van der Waals surface area contributed by atoms with Gasteiger partial charge in [-0.25, -0.2) is 8.42 Å². The Kier molecular flexibility index (Phi) is 1.34. The molecule has 11 heavy (non-hydrogen) atoms. The lowest BCUT2D eigenvalue weighted by Gasteiger charge is -2.26. The van der Waals surface area contributed by atoms with E-state index in [1.807, 2.05) is 0 Å². The van der Waals surface area contributed by atoms with Crippen molar-refractivity contribution in [3.63, 3.8) is 0 Å². The highest BCUT2D eigenvalue weighted by Gasteiger charge is 2.47. The van der Waals surface area contributed by atoms with E-state index >= 15 is 0 Å². The van der Waals surface area contributed by atoms with E-state index in [9.17, 15) is 8.42 Å². The van der Waals surface area contributed by atoms with Crippen LogP contribution < -0.4 is 0 Å². The van der Waals surface area contributed by atoms with Crippen molar-refractivity contribution in [2.45, 2.75) is 18.8 Å². The third-order valence-corrected chi connectivity index (χ3v) is 3.76. The van der Waals surface area contributed by atoms with Gasteiger partial charge in [0.05, 0.1) is 18.5 Å². The number of rotatable bonds is 0. The van der Waals surface area contributed by atoms with Crippen LogP contribution in [-0.2, 0) is 19.3 Å². The Morgan fingerprint density at radius 3 is 2.91 bits per heavy atom. The minimum absolute atomic E-state index is 0.00347. The largest absolute Gasteiger partial charge is 0.346 e. The molecule has 0 amide bonds. The Hall–Kier alpha value is -0.130. The predicted molar refractivity (Wildman–Crippen MR) is 37.9 cm³/mol. The Morgan fingerprint density at radius 1 is 1.55 bits per heavy atom. The number of sulfone groups is 1. The molecule has 5 heteroatoms. The van der Waals surface area contributed by atoms with E-state index in [-0.39, 0.29) is 17.6 Å². The second-order valence-electron chi connectivity index (χ2n) is 3.24. The topological polar surface area (TPSA) is 52.6 Å². The number of fused-ring (bicyclic) bond motifs is 2. The predicted octanol–water partition coefficient (Wildman–Crippen LogP) is -0.454. The molecule has 64 valence electrons. The lowest BCUT2D eigenvalue weighted by molar-refractivity contribution is -0.136. The van der Waals surface area contributed by atoms with Crippen LogP contribution in [0.15, 0.2) is 0 Å². The minimum Gasteiger partial charge on any atom is -0.346 e. The van der Waals surface area contributed by atoms with Gasteiger partial charge in [-0.15, -0.1) is 0 Å². The number of hydrogen-bond donors (Lipinski definition) is 0. The molecule has 2 unspecified atom stereocenters. The van der Waals surface area contributed by atoms with Crippen molar-refractivity contribution in [2.24, 2.45) is 0 Å². The van der Waals surface area contributed by atoms with Gasteiger partial charge in [0.2, 0.25) is 0 Å². The van der Waals surface area contributed by atoms with Crippen LogP contribution in [0.3, 0.4) is 0 Å². The van der Waals surface area contributed by atoms with E-state index < -0.39 is 15.6 Å². The first-order valence-electron chi connectivity index (χ1n) is 3.51. The fourth-order valence-electron chi connectivity index (χ4n) is 1.59. The van der Waals surface area contributed by atoms with Crippen LogP contribution in [0.2, 0.25) is 0 Å². The second-order valence-corrected chi connectivity index (χ2v) is 5.35. The van der Waals surface area contributed by atoms with E-state index in [1.54, 1.807) is 6.92 Å². The van der Waals surface area contributed by atoms with Gasteiger partial charge in [-0.05, 0) is 6.92 Å². The summed E-state index contributed by atoms with van der Waals surface area (Å²) in [5.74, 6) is -0.749. The molecule has 2 saturated heterocycles. The summed E-state index contributed by atoms with van der Waals surface area (Å²) in [4.78, 5) is 0. The molecule has 0 N–H and O–H groups in total. The quantitative estimate of drug-likeness (QED) is 0.504. The zero-order chi connectivity index (χ0) is 8.11. The molecule has 4 nitrogen and oxygen atoms in total. The Labute approximate surface area is 65.4 Å². The summed E-state index contributed by atoms with van der Waals surface area (Å²) in [5.41, 5.74) is 0. The minimum atomic E-state index is -2.93. The van der Waals surface area contributed by atoms with Crippen molar-refractivity contribution in [3.8, 4) is 0 Å². The standard InChI is InChI=1S/C6H10O4S/c1-6-4-11(7,8)3-5(10-6)2-9-6/h5H,2-4H2,1H3. The maximum absolute atomic E-state index is 11.2. The van der Waals surface area contributed by atoms with Crippen molar-refractivity contribution in [1.82, 2.24) is 0 Å². The van der Waals surface area contributed by atoms with Crippen molar-refractivity contribution in [1.29, 1.82) is 0 Å². The lowest BCUT2D eigenvalue weighted by atomic mass is 10.4. The first-order valence-corrected chi connectivity index (χ1v) is 5.33. The molecule has 2 aliphatic heterocycles. The van der Waals surface area contributed by atoms with Crippen LogP contribution in [0, 0.1) is 0 Å². The fourth-order valence-corrected chi connectivity index (χ4v) is 3.39. The van der Waals surface area contributed by atoms with E-state index in [0.29, 0.717) is 6.61 Å². The molecule has 0 saturated carbocycles. The average molecular weight is 178 g/mol. The molecule has 0 radical (unpaired) electrons. The molecule has 0 aromatic rings. The SMILES string of the molecule is CC12CS(=O)(=O)CC(CO1)O2. The fraction of sp³-hybridized carbons (Fsp3) is 1.00. The molecule has 0 aromatic heterocycles. The van der Waals surface area contributed by atoms with Gasteiger partial charge in [-0.2, -0.15) is 0 Å². The van der Waals surface area contributed by atoms with E-state index in [1.165, 1.54) is 0 Å². The monoisotopic (exact) mass is 178 g/mol. The van der Waals surface area contributed by atoms with E-state index in [2.05, 4.69) is 0 Å². The summed E-state index contributed by atoms with van der Waals surface area (Å²) in [6, 6.07) is 0. The number of ether oxygens (including phenoxy) is 2. The molecule has 2 atom stereocenters. The van der Waals surface area contributed by atoms with Gasteiger partial charge in [-0.3, -0.25) is 0 Å². The zero-order valence-corrected chi connectivity index (χ0v) is 7.06. The molecule has 0 aromatic carbocycles. The third kappa shape index (κ3) is 1.28. The van der Waals surface area contributed by atoms with Gasteiger partial charge in [0.1, 0.15) is 5.75 Å². The Balaban J connectivity index is 2.32. The molecule has 2 heterocycles. The summed E-state index contributed by atoms with van der Waals surface area (Å²) in [6.07, 6.45) is -0.237. The molecular formula is C6H10O4S. The van der Waals surface area contributed by atoms with Gasteiger partial charge in [0.25, 0.3) is 0 Å². The van der Waals surface area contributed by atoms with Crippen LogP contribution in [0.25, 0.3) is 0 Å². The average Bonchev–Trinajstić information content (AvgIpc) is 2.03. The van der Waals surface area contributed by atoms with Crippen molar-refractivity contribution < 1.29 is 17.9 Å². The van der Waals surface area contributed by atoms with E-state index in [4.69, 9.17) is 9.47 Å². The highest BCUT2D eigenvalue weighted by atomic mass is 32.2. The summed E-state index contributed by atoms with van der Waals surface area (Å²) in [6.45, 7) is 2.08. The smallest absolute Gasteiger partial charge is 0.180 e. The van der Waals surface area contributed by atoms with Gasteiger partial charge >= 0.3 is 0 Å². The van der Waals surface area contributed by atoms with Crippen LogP contribution in [-0.4, -0.2) is 38.4 Å². The summed E-state index contributed by atoms with van der Waals surface area (Å²) < 4.78 is 32.8. The van der Waals surface area contributed by atoms with Crippen LogP contribution in [0.4, 0.5) is 0 Å². The van der Waals surface area contributed by atoms with Crippen LogP contribution in [0.5, 0.6) is 0 Å². The maximum atomic E-state index is 11.2. The Bertz CT molecular complexity index is 270. The summed E-state index contributed by atoms with van der Waals surface area (Å²) in [7, 11) is -2.93. The van der Waals surface area contributed by atoms with Crippen LogP contribution >= 0.6 is 0 Å². The lowest BCUT2D eigenvalue weighted by Crippen LogP contribution is -2.43. The van der Waals surface area contributed by atoms with Gasteiger partial charge in [-0.1, -0.05) is 0 Å². The molecule has 2 bridgehead atoms. The molecule has 2 fully saturated rings. The van der Waals surface area contributed by atoms with E-state index in [0.717, 1.165) is 0 Å². The molecular weight excluding hydrogens is 168 g/mol. The summed E-state index contributed by atoms with van der Waals surface area (Å²) in [5, 5.41) is 0.